The van der Waals surface area contributed by atoms with Crippen LogP contribution in [-0.2, 0) is 9.59 Å². The summed E-state index contributed by atoms with van der Waals surface area (Å²) in [7, 11) is 0. The third kappa shape index (κ3) is 3.88. The molecule has 1 saturated heterocycles. The van der Waals surface area contributed by atoms with Crippen molar-refractivity contribution in [3.8, 4) is 5.75 Å². The van der Waals surface area contributed by atoms with Crippen molar-refractivity contribution < 1.29 is 23.8 Å². The van der Waals surface area contributed by atoms with Gasteiger partial charge < -0.3 is 14.3 Å². The molecule has 0 radical (unpaired) electrons. The Kier molecular flexibility index (Phi) is 5.69. The lowest BCUT2D eigenvalue weighted by Crippen LogP contribution is -2.29. The number of carbonyl (C=O) groups is 2. The summed E-state index contributed by atoms with van der Waals surface area (Å²) in [5, 5.41) is 11.1. The molecule has 31 heavy (non-hydrogen) atoms. The van der Waals surface area contributed by atoms with Gasteiger partial charge in [0, 0.05) is 15.7 Å². The number of halogens is 1. The average molecular weight is 482 g/mol. The van der Waals surface area contributed by atoms with Gasteiger partial charge in [0.25, 0.3) is 11.7 Å². The number of Topliss-reactive ketones (excluding diaryl/α,β-unsaturated/α-hetero) is 1. The Hall–Kier alpha value is -3.32. The Morgan fingerprint density at radius 2 is 1.90 bits per heavy atom. The van der Waals surface area contributed by atoms with Crippen molar-refractivity contribution in [2.45, 2.75) is 19.9 Å². The van der Waals surface area contributed by atoms with Crippen molar-refractivity contribution in [2.24, 2.45) is 0 Å². The molecule has 2 aromatic carbocycles. The highest BCUT2D eigenvalue weighted by atomic mass is 79.9. The first kappa shape index (κ1) is 20.9. The zero-order chi connectivity index (χ0) is 22.1. The molecule has 1 aliphatic rings. The molecule has 1 aromatic heterocycles. The predicted molar refractivity (Wildman–Crippen MR) is 120 cm³/mol. The van der Waals surface area contributed by atoms with Gasteiger partial charge in [-0.05, 0) is 56.3 Å². The largest absolute Gasteiger partial charge is 0.507 e. The van der Waals surface area contributed by atoms with E-state index in [9.17, 15) is 14.7 Å². The number of amides is 1. The first-order valence-electron chi connectivity index (χ1n) is 9.77. The van der Waals surface area contributed by atoms with E-state index < -0.39 is 17.7 Å². The Morgan fingerprint density at radius 3 is 2.58 bits per heavy atom. The lowest BCUT2D eigenvalue weighted by molar-refractivity contribution is -0.132. The number of ketones is 1. The minimum atomic E-state index is -0.904. The number of aliphatic hydroxyl groups is 1. The van der Waals surface area contributed by atoms with Gasteiger partial charge in [0.05, 0.1) is 12.2 Å². The first-order chi connectivity index (χ1) is 14.9. The lowest BCUT2D eigenvalue weighted by atomic mass is 9.99. The highest BCUT2D eigenvalue weighted by molar-refractivity contribution is 9.10. The molecule has 158 valence electrons. The molecule has 1 atom stereocenters. The number of hydrogen-bond acceptors (Lipinski definition) is 5. The van der Waals surface area contributed by atoms with Crippen molar-refractivity contribution in [3.63, 3.8) is 0 Å². The maximum atomic E-state index is 13.1. The number of hydrogen-bond donors (Lipinski definition) is 1. The zero-order valence-corrected chi connectivity index (χ0v) is 18.5. The van der Waals surface area contributed by atoms with Gasteiger partial charge in [-0.25, -0.2) is 0 Å². The van der Waals surface area contributed by atoms with E-state index in [0.29, 0.717) is 35.1 Å². The molecule has 0 spiro atoms. The smallest absolute Gasteiger partial charge is 0.300 e. The van der Waals surface area contributed by atoms with E-state index in [-0.39, 0.29) is 11.3 Å². The van der Waals surface area contributed by atoms with E-state index in [1.165, 1.54) is 4.90 Å². The summed E-state index contributed by atoms with van der Waals surface area (Å²) < 4.78 is 12.1. The number of benzene rings is 2. The number of rotatable bonds is 5. The van der Waals surface area contributed by atoms with Gasteiger partial charge in [-0.3, -0.25) is 14.5 Å². The van der Waals surface area contributed by atoms with Crippen molar-refractivity contribution in [1.29, 1.82) is 0 Å². The topological polar surface area (TPSA) is 80.0 Å². The molecule has 0 saturated carbocycles. The van der Waals surface area contributed by atoms with Crippen molar-refractivity contribution in [3.05, 3.63) is 87.8 Å². The maximum absolute atomic E-state index is 13.1. The summed E-state index contributed by atoms with van der Waals surface area (Å²) >= 11 is 3.41. The predicted octanol–water partition coefficient (Wildman–Crippen LogP) is 5.38. The normalized spacial score (nSPS) is 17.9. The number of aryl methyl sites for hydroxylation is 1. The van der Waals surface area contributed by atoms with E-state index in [1.807, 2.05) is 13.0 Å². The fraction of sp³-hybridized carbons (Fsp3) is 0.167. The number of aliphatic hydroxyl groups excluding tert-OH is 1. The molecule has 2 heterocycles. The van der Waals surface area contributed by atoms with Crippen LogP contribution in [0, 0.1) is 6.92 Å². The van der Waals surface area contributed by atoms with Crippen molar-refractivity contribution in [1.82, 2.24) is 0 Å². The van der Waals surface area contributed by atoms with Gasteiger partial charge in [-0.15, -0.1) is 0 Å². The summed E-state index contributed by atoms with van der Waals surface area (Å²) in [5.74, 6) is -0.222. The summed E-state index contributed by atoms with van der Waals surface area (Å²) in [6.07, 6.45) is 0. The maximum Gasteiger partial charge on any atom is 0.300 e. The molecular formula is C24H20BrNO5. The number of ether oxygens (including phenoxy) is 1. The molecule has 1 fully saturated rings. The van der Waals surface area contributed by atoms with Crippen LogP contribution in [0.2, 0.25) is 0 Å². The van der Waals surface area contributed by atoms with Crippen LogP contribution in [0.25, 0.3) is 5.76 Å². The Balaban J connectivity index is 1.91. The fourth-order valence-electron chi connectivity index (χ4n) is 3.65. The van der Waals surface area contributed by atoms with Gasteiger partial charge in [-0.1, -0.05) is 34.1 Å². The SMILES string of the molecule is CCOc1cccc(/C(O)=C2/C(=O)C(=O)N(c3cccc(Br)c3)C2c2ccc(C)o2)c1. The molecule has 3 aromatic rings. The number of anilines is 1. The van der Waals surface area contributed by atoms with Gasteiger partial charge >= 0.3 is 0 Å². The third-order valence-corrected chi connectivity index (χ3v) is 5.47. The van der Waals surface area contributed by atoms with Crippen LogP contribution in [0.15, 0.2) is 75.1 Å². The molecule has 1 N–H and O–H groups in total. The first-order valence-corrected chi connectivity index (χ1v) is 10.6. The van der Waals surface area contributed by atoms with Crippen LogP contribution >= 0.6 is 15.9 Å². The number of furan rings is 1. The molecular weight excluding hydrogens is 462 g/mol. The van der Waals surface area contributed by atoms with E-state index in [1.54, 1.807) is 61.5 Å². The molecule has 1 unspecified atom stereocenters. The summed E-state index contributed by atoms with van der Waals surface area (Å²) in [6, 6.07) is 16.4. The Labute approximate surface area is 187 Å². The second kappa shape index (κ2) is 8.43. The summed E-state index contributed by atoms with van der Waals surface area (Å²) in [6.45, 7) is 4.10. The van der Waals surface area contributed by atoms with Gasteiger partial charge in [-0.2, -0.15) is 0 Å². The molecule has 7 heteroatoms. The van der Waals surface area contributed by atoms with Crippen molar-refractivity contribution >= 4 is 39.1 Å². The molecule has 0 aliphatic carbocycles. The Bertz CT molecular complexity index is 1200. The average Bonchev–Trinajstić information content (AvgIpc) is 3.29. The van der Waals surface area contributed by atoms with E-state index in [2.05, 4.69) is 15.9 Å². The molecule has 4 rings (SSSR count). The molecule has 0 bridgehead atoms. The van der Waals surface area contributed by atoms with Gasteiger partial charge in [0.15, 0.2) is 0 Å². The lowest BCUT2D eigenvalue weighted by Gasteiger charge is -2.23. The van der Waals surface area contributed by atoms with E-state index >= 15 is 0 Å². The highest BCUT2D eigenvalue weighted by Crippen LogP contribution is 2.43. The van der Waals surface area contributed by atoms with E-state index in [4.69, 9.17) is 9.15 Å². The highest BCUT2D eigenvalue weighted by Gasteiger charge is 2.48. The standard InChI is InChI=1S/C24H20BrNO5/c1-3-30-18-9-4-6-15(12-18)22(27)20-21(19-11-10-14(2)31-19)26(24(29)23(20)28)17-8-5-7-16(25)13-17/h4-13,21,27H,3H2,1-2H3/b22-20-. The van der Waals surface area contributed by atoms with Gasteiger partial charge in [0.1, 0.15) is 29.1 Å². The van der Waals surface area contributed by atoms with E-state index in [0.717, 1.165) is 4.47 Å². The van der Waals surface area contributed by atoms with Crippen molar-refractivity contribution in [2.75, 3.05) is 11.5 Å². The quantitative estimate of drug-likeness (QED) is 0.300. The number of nitrogens with zero attached hydrogens (tertiary/aromatic N) is 1. The Morgan fingerprint density at radius 1 is 1.13 bits per heavy atom. The molecule has 1 amide bonds. The second-order valence-electron chi connectivity index (χ2n) is 7.06. The van der Waals surface area contributed by atoms with Crippen LogP contribution in [0.5, 0.6) is 5.75 Å². The van der Waals surface area contributed by atoms with Crippen LogP contribution in [0.3, 0.4) is 0 Å². The van der Waals surface area contributed by atoms with Gasteiger partial charge in [0.2, 0.25) is 0 Å². The summed E-state index contributed by atoms with van der Waals surface area (Å²) in [5.41, 5.74) is 0.858. The number of carbonyl (C=O) groups excluding carboxylic acids is 2. The van der Waals surface area contributed by atoms with Crippen LogP contribution < -0.4 is 9.64 Å². The van der Waals surface area contributed by atoms with Crippen LogP contribution in [0.4, 0.5) is 5.69 Å². The third-order valence-electron chi connectivity index (χ3n) is 4.98. The zero-order valence-electron chi connectivity index (χ0n) is 17.0. The minimum absolute atomic E-state index is 0.0343. The fourth-order valence-corrected chi connectivity index (χ4v) is 4.04. The monoisotopic (exact) mass is 481 g/mol. The summed E-state index contributed by atoms with van der Waals surface area (Å²) in [4.78, 5) is 27.5. The minimum Gasteiger partial charge on any atom is -0.507 e. The second-order valence-corrected chi connectivity index (χ2v) is 7.97. The molecule has 6 nitrogen and oxygen atoms in total. The van der Waals surface area contributed by atoms with Crippen LogP contribution in [-0.4, -0.2) is 23.4 Å². The van der Waals surface area contributed by atoms with Crippen LogP contribution in [0.1, 0.15) is 30.0 Å². The molecule has 1 aliphatic heterocycles.